The Kier molecular flexibility index (Phi) is 4.73. The van der Waals surface area contributed by atoms with Crippen molar-refractivity contribution in [2.24, 2.45) is 0 Å². The topological polar surface area (TPSA) is 54.4 Å². The summed E-state index contributed by atoms with van der Waals surface area (Å²) < 4.78 is 0. The van der Waals surface area contributed by atoms with Gasteiger partial charge in [0.2, 0.25) is 0 Å². The van der Waals surface area contributed by atoms with E-state index >= 15 is 0 Å². The highest BCUT2D eigenvalue weighted by molar-refractivity contribution is 5.92. The van der Waals surface area contributed by atoms with Crippen LogP contribution in [0, 0.1) is 0 Å². The van der Waals surface area contributed by atoms with Gasteiger partial charge in [0.25, 0.3) is 5.97 Å². The van der Waals surface area contributed by atoms with E-state index in [-0.39, 0.29) is 5.78 Å². The summed E-state index contributed by atoms with van der Waals surface area (Å²) in [5, 5.41) is 7.42. The van der Waals surface area contributed by atoms with Gasteiger partial charge in [0.15, 0.2) is 5.78 Å². The van der Waals surface area contributed by atoms with Crippen LogP contribution in [0.15, 0.2) is 24.3 Å². The fourth-order valence-corrected chi connectivity index (χ4v) is 0.494. The highest BCUT2D eigenvalue weighted by Crippen LogP contribution is 1.94. The van der Waals surface area contributed by atoms with E-state index in [1.165, 1.54) is 0 Å². The second kappa shape index (κ2) is 5.41. The average Bonchev–Trinajstić information content (AvgIpc) is 1.87. The normalized spacial score (nSPS) is 13.7. The molecule has 1 N–H and O–H groups in total. The van der Waals surface area contributed by atoms with Crippen molar-refractivity contribution in [2.75, 3.05) is 0 Å². The van der Waals surface area contributed by atoms with Crippen LogP contribution in [-0.2, 0) is 9.59 Å². The van der Waals surface area contributed by atoms with Gasteiger partial charge in [-0.05, 0) is 6.08 Å². The van der Waals surface area contributed by atoms with Gasteiger partial charge >= 0.3 is 0 Å². The van der Waals surface area contributed by atoms with Crippen LogP contribution in [0.2, 0.25) is 0 Å². The van der Waals surface area contributed by atoms with Crippen LogP contribution in [-0.4, -0.2) is 16.9 Å². The Labute approximate surface area is 65.0 Å². The summed E-state index contributed by atoms with van der Waals surface area (Å²) >= 11 is 0. The molecule has 3 heteroatoms. The van der Waals surface area contributed by atoms with Gasteiger partial charge in [-0.2, -0.15) is 0 Å². The molecule has 0 atom stereocenters. The lowest BCUT2D eigenvalue weighted by molar-refractivity contribution is -0.134. The summed E-state index contributed by atoms with van der Waals surface area (Å²) in [5.41, 5.74) is 0. The number of allylic oxidation sites excluding steroid dienone is 4. The summed E-state index contributed by atoms with van der Waals surface area (Å²) in [5.74, 6) is -0.637. The maximum absolute atomic E-state index is 10.3. The fourth-order valence-electron chi connectivity index (χ4n) is 0.494. The largest absolute Gasteiger partial charge is 0.481 e. The van der Waals surface area contributed by atoms with Gasteiger partial charge in [-0.1, -0.05) is 18.2 Å². The minimum Gasteiger partial charge on any atom is -0.481 e. The van der Waals surface area contributed by atoms with Crippen LogP contribution in [0.3, 0.4) is 0 Å². The third-order valence-corrected chi connectivity index (χ3v) is 0.848. The highest BCUT2D eigenvalue weighted by Gasteiger charge is 1.92. The van der Waals surface area contributed by atoms with Crippen molar-refractivity contribution < 1.29 is 14.7 Å². The molecule has 0 aromatic heterocycles. The fraction of sp³-hybridized carbons (Fsp3) is 0.250. The van der Waals surface area contributed by atoms with E-state index in [1.807, 2.05) is 12.2 Å². The van der Waals surface area contributed by atoms with Gasteiger partial charge in [0, 0.05) is 13.3 Å². The van der Waals surface area contributed by atoms with E-state index in [2.05, 4.69) is 0 Å². The smallest absolute Gasteiger partial charge is 0.300 e. The third-order valence-electron chi connectivity index (χ3n) is 0.848. The summed E-state index contributed by atoms with van der Waals surface area (Å²) in [6, 6.07) is 0. The molecule has 0 aliphatic heterocycles. The summed E-state index contributed by atoms with van der Waals surface area (Å²) in [6.45, 7) is 1.08. The molecule has 0 radical (unpaired) electrons. The average molecular weight is 154 g/mol. The first kappa shape index (κ1) is 9.62. The minimum atomic E-state index is -0.833. The number of aliphatic carboxylic acids is 1. The van der Waals surface area contributed by atoms with Crippen molar-refractivity contribution >= 4 is 11.8 Å². The van der Waals surface area contributed by atoms with Crippen molar-refractivity contribution in [2.45, 2.75) is 13.3 Å². The lowest BCUT2D eigenvalue weighted by Gasteiger charge is -1.88. The van der Waals surface area contributed by atoms with Crippen molar-refractivity contribution in [1.82, 2.24) is 0 Å². The number of ketones is 1. The zero-order valence-electron chi connectivity index (χ0n) is 6.28. The molecule has 0 aromatic carbocycles. The SMILES string of the molecule is CC(=O)O.O=C1C=CC=CC1. The van der Waals surface area contributed by atoms with Gasteiger partial charge in [-0.25, -0.2) is 0 Å². The van der Waals surface area contributed by atoms with E-state index in [9.17, 15) is 4.79 Å². The zero-order valence-corrected chi connectivity index (χ0v) is 6.28. The first-order chi connectivity index (χ1) is 5.13. The number of carbonyl (C=O) groups is 2. The highest BCUT2D eigenvalue weighted by atomic mass is 16.4. The quantitative estimate of drug-likeness (QED) is 0.569. The summed E-state index contributed by atoms with van der Waals surface area (Å²) in [7, 11) is 0. The third kappa shape index (κ3) is 8.62. The lowest BCUT2D eigenvalue weighted by atomic mass is 10.2. The Balaban J connectivity index is 0.000000218. The van der Waals surface area contributed by atoms with E-state index in [0.717, 1.165) is 6.92 Å². The van der Waals surface area contributed by atoms with Crippen LogP contribution in [0.4, 0.5) is 0 Å². The van der Waals surface area contributed by atoms with E-state index in [4.69, 9.17) is 9.90 Å². The first-order valence-electron chi connectivity index (χ1n) is 3.18. The van der Waals surface area contributed by atoms with E-state index in [1.54, 1.807) is 12.2 Å². The van der Waals surface area contributed by atoms with Crippen LogP contribution in [0.25, 0.3) is 0 Å². The number of carbonyl (C=O) groups excluding carboxylic acids is 1. The van der Waals surface area contributed by atoms with Crippen LogP contribution in [0.5, 0.6) is 0 Å². The van der Waals surface area contributed by atoms with Crippen LogP contribution >= 0.6 is 0 Å². The lowest BCUT2D eigenvalue weighted by Crippen LogP contribution is -1.90. The van der Waals surface area contributed by atoms with Crippen molar-refractivity contribution in [1.29, 1.82) is 0 Å². The summed E-state index contributed by atoms with van der Waals surface area (Å²) in [6.07, 6.45) is 7.64. The number of hydrogen-bond donors (Lipinski definition) is 1. The number of hydrogen-bond acceptors (Lipinski definition) is 2. The molecule has 0 saturated heterocycles. The molecule has 3 nitrogen and oxygen atoms in total. The molecule has 11 heavy (non-hydrogen) atoms. The second-order valence-electron chi connectivity index (χ2n) is 1.98. The minimum absolute atomic E-state index is 0.197. The number of rotatable bonds is 0. The van der Waals surface area contributed by atoms with Crippen molar-refractivity contribution in [3.05, 3.63) is 24.3 Å². The Morgan fingerprint density at radius 3 is 2.27 bits per heavy atom. The number of carboxylic acid groups (broad SMARTS) is 1. The molecular weight excluding hydrogens is 144 g/mol. The molecule has 60 valence electrons. The van der Waals surface area contributed by atoms with Gasteiger partial charge in [0.1, 0.15) is 0 Å². The molecule has 0 fully saturated rings. The Morgan fingerprint density at radius 2 is 2.09 bits per heavy atom. The van der Waals surface area contributed by atoms with Gasteiger partial charge in [-0.15, -0.1) is 0 Å². The maximum atomic E-state index is 10.3. The Bertz CT molecular complexity index is 197. The van der Waals surface area contributed by atoms with Crippen LogP contribution in [0.1, 0.15) is 13.3 Å². The summed E-state index contributed by atoms with van der Waals surface area (Å²) in [4.78, 5) is 19.3. The molecule has 0 saturated carbocycles. The van der Waals surface area contributed by atoms with Gasteiger partial charge in [-0.3, -0.25) is 9.59 Å². The molecule has 0 aromatic rings. The standard InChI is InChI=1S/C6H6O.C2H4O2/c7-6-4-2-1-3-5-6;1-2(3)4/h1-4H,5H2;1H3,(H,3,4). The molecule has 1 aliphatic rings. The van der Waals surface area contributed by atoms with Crippen molar-refractivity contribution in [3.63, 3.8) is 0 Å². The molecule has 0 heterocycles. The predicted molar refractivity (Wildman–Crippen MR) is 41.2 cm³/mol. The Hall–Kier alpha value is -1.38. The van der Waals surface area contributed by atoms with E-state index in [0.29, 0.717) is 6.42 Å². The van der Waals surface area contributed by atoms with Crippen LogP contribution < -0.4 is 0 Å². The molecule has 0 bridgehead atoms. The zero-order chi connectivity index (χ0) is 8.69. The number of carboxylic acids is 1. The molecule has 0 unspecified atom stereocenters. The molecule has 0 amide bonds. The molecule has 1 aliphatic carbocycles. The van der Waals surface area contributed by atoms with Crippen molar-refractivity contribution in [3.8, 4) is 0 Å². The molecule has 1 rings (SSSR count). The molecular formula is C8H10O3. The van der Waals surface area contributed by atoms with Gasteiger partial charge < -0.3 is 5.11 Å². The Morgan fingerprint density at radius 1 is 1.55 bits per heavy atom. The molecule has 0 spiro atoms. The van der Waals surface area contributed by atoms with Gasteiger partial charge in [0.05, 0.1) is 0 Å². The predicted octanol–water partition coefficient (Wildman–Crippen LogP) is 1.16. The second-order valence-corrected chi connectivity index (χ2v) is 1.98. The maximum Gasteiger partial charge on any atom is 0.300 e. The van der Waals surface area contributed by atoms with E-state index < -0.39 is 5.97 Å². The first-order valence-corrected chi connectivity index (χ1v) is 3.18. The monoisotopic (exact) mass is 154 g/mol.